The highest BCUT2D eigenvalue weighted by molar-refractivity contribution is 6.35. The number of nitrogens with zero attached hydrogens (tertiary/aromatic N) is 3. The molecule has 0 unspecified atom stereocenters. The van der Waals surface area contributed by atoms with Crippen LogP contribution in [0.4, 0.5) is 5.88 Å². The van der Waals surface area contributed by atoms with E-state index in [4.69, 9.17) is 39.3 Å². The van der Waals surface area contributed by atoms with Crippen LogP contribution in [0, 0.1) is 0 Å². The van der Waals surface area contributed by atoms with Crippen LogP contribution in [-0.4, -0.2) is 11.2 Å². The molecule has 0 fully saturated rings. The van der Waals surface area contributed by atoms with Gasteiger partial charge in [-0.2, -0.15) is 0 Å². The summed E-state index contributed by atoms with van der Waals surface area (Å²) >= 11 is 17.8. The van der Waals surface area contributed by atoms with Gasteiger partial charge in [0.2, 0.25) is 11.8 Å². The Morgan fingerprint density at radius 2 is 2.20 bits per heavy atom. The molecule has 0 atom stereocenters. The Morgan fingerprint density at radius 3 is 2.80 bits per heavy atom. The monoisotopic (exact) mass is 333 g/mol. The molecule has 8 heteroatoms. The van der Waals surface area contributed by atoms with Gasteiger partial charge in [-0.05, 0) is 35.7 Å². The lowest BCUT2D eigenvalue weighted by molar-refractivity contribution is -0.760. The molecule has 20 heavy (non-hydrogen) atoms. The van der Waals surface area contributed by atoms with Crippen molar-refractivity contribution in [3.8, 4) is 0 Å². The van der Waals surface area contributed by atoms with Crippen LogP contribution >= 0.6 is 34.8 Å². The maximum Gasteiger partial charge on any atom is 0.325 e. The van der Waals surface area contributed by atoms with Gasteiger partial charge in [0.25, 0.3) is 5.69 Å². The van der Waals surface area contributed by atoms with E-state index in [1.165, 1.54) is 11.6 Å². The average Bonchev–Trinajstić information content (AvgIpc) is 2.74. The van der Waals surface area contributed by atoms with Gasteiger partial charge in [0.05, 0.1) is 5.02 Å². The molecule has 0 amide bonds. The Bertz CT molecular complexity index is 651. The minimum Gasteiger partial charge on any atom is -0.862 e. The summed E-state index contributed by atoms with van der Waals surface area (Å²) in [6.07, 6.45) is 0. The molecule has 5 nitrogen and oxygen atoms in total. The molecule has 0 aliphatic rings. The quantitative estimate of drug-likeness (QED) is 0.373. The van der Waals surface area contributed by atoms with Crippen LogP contribution in [0.3, 0.4) is 0 Å². The number of aliphatic imine (C=N–C) groups is 1. The molecule has 0 saturated heterocycles. The highest BCUT2D eigenvalue weighted by atomic mass is 35.5. The highest BCUT2D eigenvalue weighted by Gasteiger charge is 2.24. The highest BCUT2D eigenvalue weighted by Crippen LogP contribution is 2.22. The zero-order chi connectivity index (χ0) is 14.7. The number of rotatable bonds is 4. The third-order valence-corrected chi connectivity index (χ3v) is 3.35. The maximum absolute atomic E-state index is 11.0. The molecule has 0 saturated carbocycles. The van der Waals surface area contributed by atoms with Crippen LogP contribution in [0.5, 0.6) is 0 Å². The molecule has 1 aromatic carbocycles. The second-order valence-corrected chi connectivity index (χ2v) is 5.09. The second-order valence-electron chi connectivity index (χ2n) is 3.98. The Kier molecular flexibility index (Phi) is 4.86. The number of alkyl halides is 1. The van der Waals surface area contributed by atoms with Gasteiger partial charge in [-0.1, -0.05) is 23.2 Å². The molecule has 0 radical (unpaired) electrons. The lowest BCUT2D eigenvalue weighted by Crippen LogP contribution is -2.39. The van der Waals surface area contributed by atoms with E-state index in [0.29, 0.717) is 22.3 Å². The standard InChI is InChI=1S/C12H10Cl3N3O2/c1-7(19)16-12-11(5-13)18(17-20-12)6-8-2-3-9(14)4-10(8)15/h2-4H,5-6H2,1H3. The smallest absolute Gasteiger partial charge is 0.325 e. The zero-order valence-corrected chi connectivity index (χ0v) is 12.7. The Balaban J connectivity index is 2.34. The molecule has 2 aromatic rings. The molecule has 0 aliphatic heterocycles. The van der Waals surface area contributed by atoms with Gasteiger partial charge in [0, 0.05) is 10.6 Å². The number of hydrogen-bond acceptors (Lipinski definition) is 4. The van der Waals surface area contributed by atoms with Crippen molar-refractivity contribution in [1.29, 1.82) is 0 Å². The fourth-order valence-corrected chi connectivity index (χ4v) is 2.31. The molecule has 106 valence electrons. The van der Waals surface area contributed by atoms with Crippen LogP contribution in [0.1, 0.15) is 18.2 Å². The Labute approximate surface area is 130 Å². The number of aromatic nitrogens is 2. The first-order chi connectivity index (χ1) is 9.51. The van der Waals surface area contributed by atoms with Crippen molar-refractivity contribution in [2.24, 2.45) is 4.99 Å². The summed E-state index contributed by atoms with van der Waals surface area (Å²) in [7, 11) is 0. The maximum atomic E-state index is 11.0. The van der Waals surface area contributed by atoms with Crippen molar-refractivity contribution in [1.82, 2.24) is 5.27 Å². The summed E-state index contributed by atoms with van der Waals surface area (Å²) in [4.78, 5) is 3.70. The van der Waals surface area contributed by atoms with E-state index < -0.39 is 0 Å². The number of hydrogen-bond donors (Lipinski definition) is 0. The first kappa shape index (κ1) is 15.1. The Hall–Kier alpha value is -1.30. The van der Waals surface area contributed by atoms with Crippen LogP contribution in [0.25, 0.3) is 0 Å². The van der Waals surface area contributed by atoms with Crippen molar-refractivity contribution in [3.05, 3.63) is 39.5 Å². The van der Waals surface area contributed by atoms with Crippen molar-refractivity contribution in [2.45, 2.75) is 19.3 Å². The van der Waals surface area contributed by atoms with Gasteiger partial charge in [-0.15, -0.1) is 11.6 Å². The summed E-state index contributed by atoms with van der Waals surface area (Å²) in [6, 6.07) is 5.15. The fourth-order valence-electron chi connectivity index (χ4n) is 1.59. The van der Waals surface area contributed by atoms with E-state index >= 15 is 0 Å². The van der Waals surface area contributed by atoms with E-state index in [0.717, 1.165) is 5.56 Å². The van der Waals surface area contributed by atoms with Gasteiger partial charge in [0.1, 0.15) is 5.88 Å². The minimum absolute atomic E-state index is 0.109. The molecule has 1 heterocycles. The number of benzene rings is 1. The second kappa shape index (κ2) is 6.43. The van der Waals surface area contributed by atoms with Crippen molar-refractivity contribution < 1.29 is 14.3 Å². The number of halogens is 3. The van der Waals surface area contributed by atoms with Gasteiger partial charge in [0.15, 0.2) is 0 Å². The van der Waals surface area contributed by atoms with Gasteiger partial charge in [-0.25, -0.2) is 4.99 Å². The minimum atomic E-state index is -0.385. The first-order valence-corrected chi connectivity index (χ1v) is 6.91. The van der Waals surface area contributed by atoms with Crippen molar-refractivity contribution >= 4 is 46.6 Å². The first-order valence-electron chi connectivity index (χ1n) is 5.62. The lowest BCUT2D eigenvalue weighted by Gasteiger charge is -2.00. The SMILES string of the molecule is C/C([O-])=N/c1on[n+](Cc2ccc(Cl)cc2Cl)c1CCl. The van der Waals surface area contributed by atoms with Crippen LogP contribution < -0.4 is 9.79 Å². The van der Waals surface area contributed by atoms with E-state index in [1.54, 1.807) is 18.2 Å². The largest absolute Gasteiger partial charge is 0.862 e. The molecule has 0 N–H and O–H groups in total. The predicted octanol–water partition coefficient (Wildman–Crippen LogP) is 2.47. The van der Waals surface area contributed by atoms with E-state index in [1.807, 2.05) is 0 Å². The van der Waals surface area contributed by atoms with Gasteiger partial charge >= 0.3 is 5.88 Å². The summed E-state index contributed by atoms with van der Waals surface area (Å²) in [5, 5.41) is 15.9. The molecule has 0 bridgehead atoms. The normalized spacial score (nSPS) is 11.9. The topological polar surface area (TPSA) is 65.3 Å². The van der Waals surface area contributed by atoms with Crippen molar-refractivity contribution in [2.75, 3.05) is 0 Å². The average molecular weight is 335 g/mol. The van der Waals surface area contributed by atoms with E-state index in [9.17, 15) is 5.11 Å². The zero-order valence-electron chi connectivity index (χ0n) is 10.4. The third-order valence-electron chi connectivity index (χ3n) is 2.51. The summed E-state index contributed by atoms with van der Waals surface area (Å²) in [5.74, 6) is -0.164. The van der Waals surface area contributed by atoms with Crippen molar-refractivity contribution in [3.63, 3.8) is 0 Å². The molecule has 2 rings (SSSR count). The predicted molar refractivity (Wildman–Crippen MR) is 74.6 cm³/mol. The van der Waals surface area contributed by atoms with E-state index in [2.05, 4.69) is 10.3 Å². The summed E-state index contributed by atoms with van der Waals surface area (Å²) in [6.45, 7) is 1.66. The van der Waals surface area contributed by atoms with Gasteiger partial charge < -0.3 is 5.11 Å². The third kappa shape index (κ3) is 3.42. The van der Waals surface area contributed by atoms with Crippen LogP contribution in [-0.2, 0) is 12.4 Å². The molecule has 0 aliphatic carbocycles. The molecular weight excluding hydrogens is 325 g/mol. The molecule has 0 spiro atoms. The molecular formula is C12H10Cl3N3O2. The summed E-state index contributed by atoms with van der Waals surface area (Å²) in [5.41, 5.74) is 1.31. The summed E-state index contributed by atoms with van der Waals surface area (Å²) < 4.78 is 6.51. The van der Waals surface area contributed by atoms with Crippen LogP contribution in [0.15, 0.2) is 27.7 Å². The van der Waals surface area contributed by atoms with Gasteiger partial charge in [-0.3, -0.25) is 4.52 Å². The lowest BCUT2D eigenvalue weighted by atomic mass is 10.2. The Morgan fingerprint density at radius 1 is 1.45 bits per heavy atom. The van der Waals surface area contributed by atoms with Crippen LogP contribution in [0.2, 0.25) is 10.0 Å². The molecule has 1 aromatic heterocycles. The van der Waals surface area contributed by atoms with E-state index in [-0.39, 0.29) is 17.7 Å². The fraction of sp³-hybridized carbons (Fsp3) is 0.250.